The lowest BCUT2D eigenvalue weighted by atomic mass is 10.1. The van der Waals surface area contributed by atoms with E-state index in [0.29, 0.717) is 37.0 Å². The number of hydrogen-bond acceptors (Lipinski definition) is 5. The van der Waals surface area contributed by atoms with E-state index in [-0.39, 0.29) is 5.91 Å². The summed E-state index contributed by atoms with van der Waals surface area (Å²) in [6, 6.07) is 7.39. The van der Waals surface area contributed by atoms with E-state index in [4.69, 9.17) is 18.6 Å². The van der Waals surface area contributed by atoms with Crippen molar-refractivity contribution in [2.24, 2.45) is 0 Å². The summed E-state index contributed by atoms with van der Waals surface area (Å²) in [6.07, 6.45) is 3.24. The topological polar surface area (TPSA) is 61.1 Å². The molecular weight excluding hydrogens is 322 g/mol. The Balaban J connectivity index is 1.71. The smallest absolute Gasteiger partial charge is 0.246 e. The molecule has 0 saturated heterocycles. The molecule has 3 rings (SSSR count). The molecule has 0 radical (unpaired) electrons. The van der Waals surface area contributed by atoms with Gasteiger partial charge >= 0.3 is 0 Å². The fraction of sp³-hybridized carbons (Fsp3) is 0.316. The number of fused-ring (bicyclic) bond motifs is 1. The largest absolute Gasteiger partial charge is 0.493 e. The van der Waals surface area contributed by atoms with Gasteiger partial charge in [0.2, 0.25) is 11.7 Å². The molecule has 0 aliphatic carbocycles. The van der Waals surface area contributed by atoms with Gasteiger partial charge in [0.25, 0.3) is 0 Å². The van der Waals surface area contributed by atoms with E-state index in [2.05, 4.69) is 0 Å². The van der Waals surface area contributed by atoms with Crippen molar-refractivity contribution in [2.45, 2.75) is 13.5 Å². The Bertz CT molecular complexity index is 776. The minimum absolute atomic E-state index is 0.122. The van der Waals surface area contributed by atoms with Crippen LogP contribution in [-0.2, 0) is 11.3 Å². The maximum absolute atomic E-state index is 12.3. The van der Waals surface area contributed by atoms with Crippen LogP contribution in [0.1, 0.15) is 17.1 Å². The highest BCUT2D eigenvalue weighted by molar-refractivity contribution is 5.91. The zero-order valence-electron chi connectivity index (χ0n) is 14.6. The van der Waals surface area contributed by atoms with Crippen LogP contribution in [0.15, 0.2) is 34.8 Å². The summed E-state index contributed by atoms with van der Waals surface area (Å²) in [5.74, 6) is 3.27. The Morgan fingerprint density at radius 3 is 2.80 bits per heavy atom. The average molecular weight is 343 g/mol. The van der Waals surface area contributed by atoms with Gasteiger partial charge in [0.05, 0.1) is 13.7 Å². The maximum atomic E-state index is 12.3. The summed E-state index contributed by atoms with van der Waals surface area (Å²) in [4.78, 5) is 13.9. The SMILES string of the molecule is COc1cc(/C=C/C(=O)N(C)Cc2ccc(C)o2)cc2c1OCCO2. The number of benzene rings is 1. The molecule has 1 aliphatic rings. The number of likely N-dealkylation sites (N-methyl/N-ethyl adjacent to an activating group) is 1. The molecule has 0 unspecified atom stereocenters. The highest BCUT2D eigenvalue weighted by Crippen LogP contribution is 2.40. The molecule has 1 aromatic heterocycles. The second kappa shape index (κ2) is 7.34. The van der Waals surface area contributed by atoms with Gasteiger partial charge in [-0.1, -0.05) is 0 Å². The first-order chi connectivity index (χ1) is 12.1. The number of methoxy groups -OCH3 is 1. The molecule has 0 saturated carbocycles. The number of amides is 1. The molecule has 132 valence electrons. The predicted molar refractivity (Wildman–Crippen MR) is 92.9 cm³/mol. The Labute approximate surface area is 146 Å². The van der Waals surface area contributed by atoms with Crippen LogP contribution in [0, 0.1) is 6.92 Å². The van der Waals surface area contributed by atoms with Crippen molar-refractivity contribution < 1.29 is 23.4 Å². The van der Waals surface area contributed by atoms with Gasteiger partial charge in [-0.05, 0) is 42.8 Å². The van der Waals surface area contributed by atoms with Crippen molar-refractivity contribution in [2.75, 3.05) is 27.4 Å². The van der Waals surface area contributed by atoms with Crippen LogP contribution in [0.5, 0.6) is 17.2 Å². The molecule has 0 N–H and O–H groups in total. The van der Waals surface area contributed by atoms with Crippen molar-refractivity contribution >= 4 is 12.0 Å². The standard InChI is InChI=1S/C19H21NO5/c1-13-4-6-15(25-13)12-20(2)18(21)7-5-14-10-16(22-3)19-17(11-14)23-8-9-24-19/h4-7,10-11H,8-9,12H2,1-3H3/b7-5+. The van der Waals surface area contributed by atoms with Crippen LogP contribution in [0.2, 0.25) is 0 Å². The first kappa shape index (κ1) is 17.0. The van der Waals surface area contributed by atoms with E-state index >= 15 is 0 Å². The van der Waals surface area contributed by atoms with Gasteiger partial charge in [-0.3, -0.25) is 4.79 Å². The van der Waals surface area contributed by atoms with Crippen molar-refractivity contribution in [3.05, 3.63) is 47.4 Å². The lowest BCUT2D eigenvalue weighted by molar-refractivity contribution is -0.125. The van der Waals surface area contributed by atoms with Crippen molar-refractivity contribution in [3.63, 3.8) is 0 Å². The normalized spacial score (nSPS) is 13.1. The maximum Gasteiger partial charge on any atom is 0.246 e. The summed E-state index contributed by atoms with van der Waals surface area (Å²) < 4.78 is 22.0. The zero-order valence-corrected chi connectivity index (χ0v) is 14.6. The Kier molecular flexibility index (Phi) is 4.97. The molecule has 0 bridgehead atoms. The second-order valence-corrected chi connectivity index (χ2v) is 5.79. The molecule has 6 nitrogen and oxygen atoms in total. The van der Waals surface area contributed by atoms with Crippen molar-refractivity contribution in [1.29, 1.82) is 0 Å². The number of aryl methyl sites for hydroxylation is 1. The van der Waals surface area contributed by atoms with Crippen LogP contribution in [0.4, 0.5) is 0 Å². The summed E-state index contributed by atoms with van der Waals surface area (Å²) >= 11 is 0. The Morgan fingerprint density at radius 2 is 2.08 bits per heavy atom. The van der Waals surface area contributed by atoms with Crippen LogP contribution in [0.3, 0.4) is 0 Å². The summed E-state index contributed by atoms with van der Waals surface area (Å²) in [5, 5.41) is 0. The lowest BCUT2D eigenvalue weighted by Gasteiger charge is -2.21. The van der Waals surface area contributed by atoms with Crippen LogP contribution < -0.4 is 14.2 Å². The van der Waals surface area contributed by atoms with E-state index in [1.165, 1.54) is 6.08 Å². The van der Waals surface area contributed by atoms with Gasteiger partial charge in [-0.25, -0.2) is 0 Å². The van der Waals surface area contributed by atoms with Gasteiger partial charge in [0, 0.05) is 13.1 Å². The third-order valence-electron chi connectivity index (χ3n) is 3.83. The van der Waals surface area contributed by atoms with Crippen LogP contribution in [0.25, 0.3) is 6.08 Å². The number of carbonyl (C=O) groups excluding carboxylic acids is 1. The number of furan rings is 1. The minimum atomic E-state index is -0.122. The molecule has 1 aliphatic heterocycles. The van der Waals surface area contributed by atoms with Crippen LogP contribution in [-0.4, -0.2) is 38.2 Å². The first-order valence-corrected chi connectivity index (χ1v) is 8.03. The minimum Gasteiger partial charge on any atom is -0.493 e. The molecule has 0 atom stereocenters. The summed E-state index contributed by atoms with van der Waals surface area (Å²) in [7, 11) is 3.31. The number of ether oxygens (including phenoxy) is 3. The Morgan fingerprint density at radius 1 is 1.28 bits per heavy atom. The molecule has 1 aromatic carbocycles. The summed E-state index contributed by atoms with van der Waals surface area (Å²) in [6.45, 7) is 3.28. The number of rotatable bonds is 5. The van der Waals surface area contributed by atoms with Gasteiger partial charge in [0.1, 0.15) is 24.7 Å². The second-order valence-electron chi connectivity index (χ2n) is 5.79. The molecule has 2 heterocycles. The average Bonchev–Trinajstić information content (AvgIpc) is 3.03. The zero-order chi connectivity index (χ0) is 17.8. The van der Waals surface area contributed by atoms with Gasteiger partial charge in [-0.2, -0.15) is 0 Å². The number of hydrogen-bond donors (Lipinski definition) is 0. The van der Waals surface area contributed by atoms with Crippen molar-refractivity contribution in [1.82, 2.24) is 4.90 Å². The highest BCUT2D eigenvalue weighted by atomic mass is 16.6. The quantitative estimate of drug-likeness (QED) is 0.781. The Hall–Kier alpha value is -2.89. The summed E-state index contributed by atoms with van der Waals surface area (Å²) in [5.41, 5.74) is 0.802. The molecule has 0 fully saturated rings. The third-order valence-corrected chi connectivity index (χ3v) is 3.83. The fourth-order valence-electron chi connectivity index (χ4n) is 2.57. The first-order valence-electron chi connectivity index (χ1n) is 8.03. The van der Waals surface area contributed by atoms with E-state index in [1.807, 2.05) is 31.2 Å². The van der Waals surface area contributed by atoms with Crippen LogP contribution >= 0.6 is 0 Å². The van der Waals surface area contributed by atoms with E-state index < -0.39 is 0 Å². The monoisotopic (exact) mass is 343 g/mol. The van der Waals surface area contributed by atoms with E-state index in [0.717, 1.165) is 17.1 Å². The predicted octanol–water partition coefficient (Wildman–Crippen LogP) is 3.04. The van der Waals surface area contributed by atoms with Gasteiger partial charge < -0.3 is 23.5 Å². The number of nitrogens with zero attached hydrogens (tertiary/aromatic N) is 1. The fourth-order valence-corrected chi connectivity index (χ4v) is 2.57. The van der Waals surface area contributed by atoms with E-state index in [1.54, 1.807) is 25.1 Å². The molecule has 6 heteroatoms. The van der Waals surface area contributed by atoms with Gasteiger partial charge in [0.15, 0.2) is 11.5 Å². The highest BCUT2D eigenvalue weighted by Gasteiger charge is 2.18. The number of carbonyl (C=O) groups is 1. The van der Waals surface area contributed by atoms with Gasteiger partial charge in [-0.15, -0.1) is 0 Å². The van der Waals surface area contributed by atoms with E-state index in [9.17, 15) is 4.79 Å². The van der Waals surface area contributed by atoms with Crippen molar-refractivity contribution in [3.8, 4) is 17.2 Å². The molecule has 0 spiro atoms. The molecular formula is C19H21NO5. The molecule has 1 amide bonds. The third kappa shape index (κ3) is 3.96. The lowest BCUT2D eigenvalue weighted by Crippen LogP contribution is -2.23. The molecule has 2 aromatic rings. The molecule has 25 heavy (non-hydrogen) atoms.